The zero-order valence-corrected chi connectivity index (χ0v) is 17.6. The number of phenols is 1. The predicted octanol–water partition coefficient (Wildman–Crippen LogP) is 3.85. The highest BCUT2D eigenvalue weighted by atomic mass is 79.9. The molecular weight excluding hydrogens is 464 g/mol. The molecule has 0 spiro atoms. The van der Waals surface area contributed by atoms with Crippen molar-refractivity contribution >= 4 is 39.8 Å². The van der Waals surface area contributed by atoms with Gasteiger partial charge in [0.2, 0.25) is 0 Å². The lowest BCUT2D eigenvalue weighted by molar-refractivity contribution is -0.117. The minimum Gasteiger partial charge on any atom is -0.507 e. The summed E-state index contributed by atoms with van der Waals surface area (Å²) in [6.45, 7) is 0. The van der Waals surface area contributed by atoms with E-state index in [2.05, 4.69) is 26.8 Å². The van der Waals surface area contributed by atoms with Crippen LogP contribution < -0.4 is 15.6 Å². The Morgan fingerprint density at radius 3 is 2.29 bits per heavy atom. The van der Waals surface area contributed by atoms with Crippen molar-refractivity contribution in [1.82, 2.24) is 10.9 Å². The first-order valence-corrected chi connectivity index (χ1v) is 9.86. The van der Waals surface area contributed by atoms with Crippen LogP contribution in [0.15, 0.2) is 83.3 Å². The molecule has 0 aliphatic heterocycles. The number of carbonyl (C=O) groups is 3. The number of ether oxygens (including phenoxy) is 1. The van der Waals surface area contributed by atoms with Gasteiger partial charge in [0.15, 0.2) is 0 Å². The smallest absolute Gasteiger partial charge is 0.343 e. The standard InChI is InChI=1S/C23H17BrN2O5/c24-17-12-9-16(10-13-17)23(30)31-20-8-4-1-5-15(20)11-14-21(28)25-26-22(29)18-6-2-3-7-19(18)27/h1-14,27H,(H,25,28)(H,26,29)/b14-11+. The molecule has 31 heavy (non-hydrogen) atoms. The van der Waals surface area contributed by atoms with Gasteiger partial charge in [-0.25, -0.2) is 4.79 Å². The van der Waals surface area contributed by atoms with Gasteiger partial charge >= 0.3 is 5.97 Å². The predicted molar refractivity (Wildman–Crippen MR) is 118 cm³/mol. The second kappa shape index (κ2) is 10.2. The van der Waals surface area contributed by atoms with Crippen molar-refractivity contribution < 1.29 is 24.2 Å². The Bertz CT molecular complexity index is 1140. The SMILES string of the molecule is O=C(/C=C/c1ccccc1OC(=O)c1ccc(Br)cc1)NNC(=O)c1ccccc1O. The van der Waals surface area contributed by atoms with E-state index in [-0.39, 0.29) is 17.1 Å². The molecule has 2 amide bonds. The molecule has 0 bridgehead atoms. The van der Waals surface area contributed by atoms with Crippen molar-refractivity contribution in [2.45, 2.75) is 0 Å². The fourth-order valence-corrected chi connectivity index (χ4v) is 2.78. The molecule has 156 valence electrons. The van der Waals surface area contributed by atoms with E-state index in [1.807, 2.05) is 0 Å². The molecule has 0 aliphatic carbocycles. The number of nitrogens with one attached hydrogen (secondary N) is 2. The van der Waals surface area contributed by atoms with E-state index in [1.165, 1.54) is 24.3 Å². The van der Waals surface area contributed by atoms with Crippen molar-refractivity contribution in [2.24, 2.45) is 0 Å². The zero-order chi connectivity index (χ0) is 22.2. The molecule has 0 saturated carbocycles. The summed E-state index contributed by atoms with van der Waals surface area (Å²) in [4.78, 5) is 36.4. The van der Waals surface area contributed by atoms with Gasteiger partial charge in [0, 0.05) is 16.1 Å². The first-order chi connectivity index (χ1) is 14.9. The number of hydrogen-bond acceptors (Lipinski definition) is 5. The third-order valence-electron chi connectivity index (χ3n) is 4.06. The minimum absolute atomic E-state index is 0.0250. The molecule has 0 radical (unpaired) electrons. The van der Waals surface area contributed by atoms with Gasteiger partial charge in [-0.15, -0.1) is 0 Å². The van der Waals surface area contributed by atoms with E-state index < -0.39 is 17.8 Å². The van der Waals surface area contributed by atoms with Crippen LogP contribution in [0.3, 0.4) is 0 Å². The van der Waals surface area contributed by atoms with Gasteiger partial charge < -0.3 is 9.84 Å². The van der Waals surface area contributed by atoms with Crippen molar-refractivity contribution in [3.8, 4) is 11.5 Å². The number of benzene rings is 3. The number of hydrogen-bond donors (Lipinski definition) is 3. The molecular formula is C23H17BrN2O5. The van der Waals surface area contributed by atoms with Crippen LogP contribution in [0.25, 0.3) is 6.08 Å². The van der Waals surface area contributed by atoms with Crippen molar-refractivity contribution in [1.29, 1.82) is 0 Å². The Balaban J connectivity index is 1.62. The number of esters is 1. The number of halogens is 1. The summed E-state index contributed by atoms with van der Waals surface area (Å²) >= 11 is 3.31. The topological polar surface area (TPSA) is 105 Å². The maximum Gasteiger partial charge on any atom is 0.343 e. The summed E-state index contributed by atoms with van der Waals surface area (Å²) in [6, 6.07) is 19.4. The molecule has 0 heterocycles. The Morgan fingerprint density at radius 1 is 0.871 bits per heavy atom. The second-order valence-electron chi connectivity index (χ2n) is 6.23. The first-order valence-electron chi connectivity index (χ1n) is 9.07. The average molecular weight is 481 g/mol. The van der Waals surface area contributed by atoms with Crippen LogP contribution >= 0.6 is 15.9 Å². The van der Waals surface area contributed by atoms with Crippen LogP contribution in [0.1, 0.15) is 26.3 Å². The van der Waals surface area contributed by atoms with Gasteiger partial charge in [0.05, 0.1) is 11.1 Å². The molecule has 0 saturated heterocycles. The number of hydrazine groups is 1. The van der Waals surface area contributed by atoms with Crippen LogP contribution in [0.4, 0.5) is 0 Å². The van der Waals surface area contributed by atoms with Crippen LogP contribution in [0.5, 0.6) is 11.5 Å². The maximum atomic E-state index is 12.3. The van der Waals surface area contributed by atoms with E-state index in [0.29, 0.717) is 11.1 Å². The van der Waals surface area contributed by atoms with Gasteiger partial charge in [-0.3, -0.25) is 20.4 Å². The number of rotatable bonds is 5. The largest absolute Gasteiger partial charge is 0.507 e. The number of aromatic hydroxyl groups is 1. The van der Waals surface area contributed by atoms with Crippen LogP contribution in [-0.2, 0) is 4.79 Å². The van der Waals surface area contributed by atoms with Gasteiger partial charge in [0.1, 0.15) is 11.5 Å². The lowest BCUT2D eigenvalue weighted by Gasteiger charge is -2.08. The van der Waals surface area contributed by atoms with Gasteiger partial charge in [-0.1, -0.05) is 46.3 Å². The number of para-hydroxylation sites is 2. The summed E-state index contributed by atoms with van der Waals surface area (Å²) in [5.41, 5.74) is 5.33. The molecule has 0 aliphatic rings. The van der Waals surface area contributed by atoms with E-state index in [9.17, 15) is 19.5 Å². The fraction of sp³-hybridized carbons (Fsp3) is 0. The molecule has 0 fully saturated rings. The Morgan fingerprint density at radius 2 is 1.55 bits per heavy atom. The van der Waals surface area contributed by atoms with E-state index >= 15 is 0 Å². The second-order valence-corrected chi connectivity index (χ2v) is 7.14. The summed E-state index contributed by atoms with van der Waals surface area (Å²) in [5.74, 6) is -1.74. The lowest BCUT2D eigenvalue weighted by atomic mass is 10.2. The minimum atomic E-state index is -0.663. The lowest BCUT2D eigenvalue weighted by Crippen LogP contribution is -2.40. The van der Waals surface area contributed by atoms with E-state index in [4.69, 9.17) is 4.74 Å². The molecule has 3 rings (SSSR count). The number of amides is 2. The van der Waals surface area contributed by atoms with Crippen LogP contribution in [0, 0.1) is 0 Å². The number of carbonyl (C=O) groups excluding carboxylic acids is 3. The zero-order valence-electron chi connectivity index (χ0n) is 16.0. The van der Waals surface area contributed by atoms with E-state index in [0.717, 1.165) is 4.47 Å². The summed E-state index contributed by atoms with van der Waals surface area (Å²) in [7, 11) is 0. The summed E-state index contributed by atoms with van der Waals surface area (Å²) < 4.78 is 6.28. The monoisotopic (exact) mass is 480 g/mol. The van der Waals surface area contributed by atoms with Crippen LogP contribution in [0.2, 0.25) is 0 Å². The third-order valence-corrected chi connectivity index (χ3v) is 4.59. The normalized spacial score (nSPS) is 10.5. The average Bonchev–Trinajstić information content (AvgIpc) is 2.77. The molecule has 8 heteroatoms. The van der Waals surface area contributed by atoms with Gasteiger partial charge in [-0.2, -0.15) is 0 Å². The number of phenolic OH excluding ortho intramolecular Hbond substituents is 1. The van der Waals surface area contributed by atoms with Gasteiger partial charge in [-0.05, 0) is 48.5 Å². The molecule has 7 nitrogen and oxygen atoms in total. The highest BCUT2D eigenvalue weighted by Gasteiger charge is 2.12. The van der Waals surface area contributed by atoms with E-state index in [1.54, 1.807) is 60.7 Å². The Labute approximate surface area is 186 Å². The highest BCUT2D eigenvalue weighted by molar-refractivity contribution is 9.10. The van der Waals surface area contributed by atoms with Gasteiger partial charge in [0.25, 0.3) is 11.8 Å². The van der Waals surface area contributed by atoms with Crippen molar-refractivity contribution in [2.75, 3.05) is 0 Å². The maximum absolute atomic E-state index is 12.3. The molecule has 0 unspecified atom stereocenters. The van der Waals surface area contributed by atoms with Crippen molar-refractivity contribution in [3.05, 3.63) is 100 Å². The van der Waals surface area contributed by atoms with Crippen molar-refractivity contribution in [3.63, 3.8) is 0 Å². The van der Waals surface area contributed by atoms with Crippen LogP contribution in [-0.4, -0.2) is 22.9 Å². The fourth-order valence-electron chi connectivity index (χ4n) is 2.51. The molecule has 0 atom stereocenters. The first kappa shape index (κ1) is 21.8. The quantitative estimate of drug-likeness (QED) is 0.222. The highest BCUT2D eigenvalue weighted by Crippen LogP contribution is 2.21. The Hall–Kier alpha value is -3.91. The molecule has 3 aromatic carbocycles. The molecule has 3 N–H and O–H groups in total. The third kappa shape index (κ3) is 6.03. The Kier molecular flexibility index (Phi) is 7.18. The molecule has 3 aromatic rings. The molecule has 0 aromatic heterocycles. The summed E-state index contributed by atoms with van der Waals surface area (Å²) in [6.07, 6.45) is 2.63. The summed E-state index contributed by atoms with van der Waals surface area (Å²) in [5, 5.41) is 9.67.